The van der Waals surface area contributed by atoms with Crippen LogP contribution in [-0.4, -0.2) is 16.1 Å². The minimum atomic E-state index is 0.888. The highest BCUT2D eigenvalue weighted by molar-refractivity contribution is 9.10. The highest BCUT2D eigenvalue weighted by Crippen LogP contribution is 2.22. The zero-order valence-corrected chi connectivity index (χ0v) is 12.6. The summed E-state index contributed by atoms with van der Waals surface area (Å²) in [7, 11) is 0. The molecule has 2 aromatic rings. The van der Waals surface area contributed by atoms with E-state index in [1.165, 1.54) is 11.3 Å². The lowest BCUT2D eigenvalue weighted by Gasteiger charge is -2.10. The highest BCUT2D eigenvalue weighted by Gasteiger charge is 2.06. The van der Waals surface area contributed by atoms with Crippen molar-refractivity contribution < 1.29 is 0 Å². The fourth-order valence-electron chi connectivity index (χ4n) is 1.85. The van der Waals surface area contributed by atoms with Crippen LogP contribution in [0.1, 0.15) is 23.9 Å². The monoisotopic (exact) mass is 307 g/mol. The molecule has 0 radical (unpaired) electrons. The Labute approximate surface area is 116 Å². The molecule has 0 fully saturated rings. The number of benzene rings is 1. The molecule has 0 unspecified atom stereocenters. The standard InChI is InChI=1S/C14H18BrN3/c1-4-16-8-12-5-6-13(7-14(12)15)18-9-17-10(2)11(18)3/h5-7,9,16H,4,8H2,1-3H3. The van der Waals surface area contributed by atoms with Gasteiger partial charge in [0.2, 0.25) is 0 Å². The lowest BCUT2D eigenvalue weighted by atomic mass is 10.2. The number of aryl methyl sites for hydroxylation is 1. The van der Waals surface area contributed by atoms with Gasteiger partial charge in [-0.3, -0.25) is 0 Å². The van der Waals surface area contributed by atoms with E-state index in [0.29, 0.717) is 0 Å². The molecule has 2 rings (SSSR count). The van der Waals surface area contributed by atoms with Gasteiger partial charge >= 0.3 is 0 Å². The summed E-state index contributed by atoms with van der Waals surface area (Å²) in [5.41, 5.74) is 4.67. The molecule has 1 N–H and O–H groups in total. The number of nitrogens with zero attached hydrogens (tertiary/aromatic N) is 2. The average Bonchev–Trinajstić information content (AvgIpc) is 2.69. The van der Waals surface area contributed by atoms with Crippen molar-refractivity contribution in [3.63, 3.8) is 0 Å². The maximum absolute atomic E-state index is 4.33. The van der Waals surface area contributed by atoms with Gasteiger partial charge in [0, 0.05) is 22.4 Å². The fourth-order valence-corrected chi connectivity index (χ4v) is 2.35. The predicted molar refractivity (Wildman–Crippen MR) is 78.1 cm³/mol. The lowest BCUT2D eigenvalue weighted by Crippen LogP contribution is -2.12. The van der Waals surface area contributed by atoms with E-state index in [1.807, 2.05) is 13.3 Å². The first kappa shape index (κ1) is 13.3. The maximum Gasteiger partial charge on any atom is 0.0997 e. The second-order valence-electron chi connectivity index (χ2n) is 4.34. The zero-order valence-electron chi connectivity index (χ0n) is 11.0. The van der Waals surface area contributed by atoms with Crippen molar-refractivity contribution in [2.45, 2.75) is 27.3 Å². The van der Waals surface area contributed by atoms with Gasteiger partial charge in [-0.15, -0.1) is 0 Å². The normalized spacial score (nSPS) is 10.9. The molecule has 1 aromatic carbocycles. The van der Waals surface area contributed by atoms with Gasteiger partial charge in [0.25, 0.3) is 0 Å². The van der Waals surface area contributed by atoms with Crippen molar-refractivity contribution in [2.75, 3.05) is 6.54 Å². The highest BCUT2D eigenvalue weighted by atomic mass is 79.9. The van der Waals surface area contributed by atoms with Crippen LogP contribution in [0.2, 0.25) is 0 Å². The maximum atomic E-state index is 4.33. The van der Waals surface area contributed by atoms with Crippen molar-refractivity contribution in [1.29, 1.82) is 0 Å². The molecule has 0 aliphatic rings. The topological polar surface area (TPSA) is 29.9 Å². The summed E-state index contributed by atoms with van der Waals surface area (Å²) < 4.78 is 3.24. The van der Waals surface area contributed by atoms with E-state index in [2.05, 4.69) is 62.8 Å². The number of halogens is 1. The number of imidazole rings is 1. The van der Waals surface area contributed by atoms with Crippen molar-refractivity contribution in [3.05, 3.63) is 46.0 Å². The molecule has 96 valence electrons. The van der Waals surface area contributed by atoms with Crippen LogP contribution in [0.15, 0.2) is 29.0 Å². The third-order valence-electron chi connectivity index (χ3n) is 3.13. The average molecular weight is 308 g/mol. The van der Waals surface area contributed by atoms with Crippen LogP contribution in [0.4, 0.5) is 0 Å². The van der Waals surface area contributed by atoms with Gasteiger partial charge in [-0.25, -0.2) is 4.98 Å². The smallest absolute Gasteiger partial charge is 0.0997 e. The van der Waals surface area contributed by atoms with Gasteiger partial charge in [-0.05, 0) is 38.1 Å². The second-order valence-corrected chi connectivity index (χ2v) is 5.20. The van der Waals surface area contributed by atoms with Gasteiger partial charge in [-0.1, -0.05) is 28.9 Å². The van der Waals surface area contributed by atoms with E-state index >= 15 is 0 Å². The molecule has 0 bridgehead atoms. The summed E-state index contributed by atoms with van der Waals surface area (Å²) in [6.45, 7) is 8.09. The number of aromatic nitrogens is 2. The van der Waals surface area contributed by atoms with Crippen molar-refractivity contribution in [1.82, 2.24) is 14.9 Å². The van der Waals surface area contributed by atoms with Crippen LogP contribution in [-0.2, 0) is 6.54 Å². The number of rotatable bonds is 4. The molecule has 0 saturated heterocycles. The quantitative estimate of drug-likeness (QED) is 0.938. The van der Waals surface area contributed by atoms with Crippen LogP contribution in [0.3, 0.4) is 0 Å². The molecule has 18 heavy (non-hydrogen) atoms. The van der Waals surface area contributed by atoms with Gasteiger partial charge in [-0.2, -0.15) is 0 Å². The Kier molecular flexibility index (Phi) is 4.19. The van der Waals surface area contributed by atoms with Gasteiger partial charge in [0.15, 0.2) is 0 Å². The number of hydrogen-bond acceptors (Lipinski definition) is 2. The zero-order chi connectivity index (χ0) is 13.1. The predicted octanol–water partition coefficient (Wildman–Crippen LogP) is 3.36. The van der Waals surface area contributed by atoms with Gasteiger partial charge in [0.05, 0.1) is 12.0 Å². The fraction of sp³-hybridized carbons (Fsp3) is 0.357. The first-order valence-corrected chi connectivity index (χ1v) is 6.92. The van der Waals surface area contributed by atoms with Crippen LogP contribution in [0, 0.1) is 13.8 Å². The number of hydrogen-bond donors (Lipinski definition) is 1. The van der Waals surface area contributed by atoms with Crippen LogP contribution >= 0.6 is 15.9 Å². The molecule has 4 heteroatoms. The molecule has 1 heterocycles. The first-order valence-electron chi connectivity index (χ1n) is 6.13. The van der Waals surface area contributed by atoms with Crippen LogP contribution in [0.25, 0.3) is 5.69 Å². The molecule has 0 aliphatic carbocycles. The van der Waals surface area contributed by atoms with Gasteiger partial charge in [0.1, 0.15) is 0 Å². The minimum Gasteiger partial charge on any atom is -0.313 e. The van der Waals surface area contributed by atoms with Crippen molar-refractivity contribution in [2.24, 2.45) is 0 Å². The number of nitrogens with one attached hydrogen (secondary N) is 1. The molecular formula is C14H18BrN3. The summed E-state index contributed by atoms with van der Waals surface area (Å²) in [4.78, 5) is 4.33. The van der Waals surface area contributed by atoms with Crippen molar-refractivity contribution >= 4 is 15.9 Å². The summed E-state index contributed by atoms with van der Waals surface area (Å²) >= 11 is 3.63. The lowest BCUT2D eigenvalue weighted by molar-refractivity contribution is 0.724. The summed E-state index contributed by atoms with van der Waals surface area (Å²) in [5.74, 6) is 0. The van der Waals surface area contributed by atoms with Crippen molar-refractivity contribution in [3.8, 4) is 5.69 Å². The van der Waals surface area contributed by atoms with E-state index in [0.717, 1.165) is 28.9 Å². The van der Waals surface area contributed by atoms with E-state index in [-0.39, 0.29) is 0 Å². The molecule has 0 aliphatic heterocycles. The third kappa shape index (κ3) is 2.65. The Balaban J connectivity index is 2.31. The van der Waals surface area contributed by atoms with Crippen LogP contribution in [0.5, 0.6) is 0 Å². The van der Waals surface area contributed by atoms with Crippen LogP contribution < -0.4 is 5.32 Å². The SMILES string of the molecule is CCNCc1ccc(-n2cnc(C)c2C)cc1Br. The second kappa shape index (κ2) is 5.67. The Morgan fingerprint density at radius 1 is 1.33 bits per heavy atom. The molecule has 0 atom stereocenters. The molecule has 0 amide bonds. The Hall–Kier alpha value is -1.13. The largest absolute Gasteiger partial charge is 0.313 e. The third-order valence-corrected chi connectivity index (χ3v) is 3.87. The van der Waals surface area contributed by atoms with E-state index in [4.69, 9.17) is 0 Å². The van der Waals surface area contributed by atoms with E-state index in [9.17, 15) is 0 Å². The molecular weight excluding hydrogens is 290 g/mol. The minimum absolute atomic E-state index is 0.888. The molecule has 0 saturated carbocycles. The van der Waals surface area contributed by atoms with Gasteiger partial charge < -0.3 is 9.88 Å². The summed E-state index contributed by atoms with van der Waals surface area (Å²) in [6, 6.07) is 6.42. The summed E-state index contributed by atoms with van der Waals surface area (Å²) in [6.07, 6.45) is 1.87. The molecule has 1 aromatic heterocycles. The molecule has 0 spiro atoms. The summed E-state index contributed by atoms with van der Waals surface area (Å²) in [5, 5.41) is 3.33. The Morgan fingerprint density at radius 3 is 2.67 bits per heavy atom. The van der Waals surface area contributed by atoms with E-state index in [1.54, 1.807) is 0 Å². The molecule has 3 nitrogen and oxygen atoms in total. The van der Waals surface area contributed by atoms with E-state index < -0.39 is 0 Å². The Bertz CT molecular complexity index is 546. The Morgan fingerprint density at radius 2 is 2.11 bits per heavy atom. The first-order chi connectivity index (χ1) is 8.63.